The van der Waals surface area contributed by atoms with Crippen LogP contribution in [0.15, 0.2) is 18.2 Å². The summed E-state index contributed by atoms with van der Waals surface area (Å²) >= 11 is 12.0. The molecule has 1 amide bonds. The minimum Gasteiger partial charge on any atom is -0.336 e. The van der Waals surface area contributed by atoms with Crippen LogP contribution < -0.4 is 0 Å². The van der Waals surface area contributed by atoms with Gasteiger partial charge in [-0.3, -0.25) is 4.79 Å². The van der Waals surface area contributed by atoms with E-state index < -0.39 is 0 Å². The Balaban J connectivity index is 2.26. The van der Waals surface area contributed by atoms with E-state index >= 15 is 0 Å². The summed E-state index contributed by atoms with van der Waals surface area (Å²) in [5.41, 5.74) is 0.518. The second kappa shape index (κ2) is 5.94. The monoisotopic (exact) mass is 285 g/mol. The first-order valence-electron chi connectivity index (χ1n) is 6.39. The van der Waals surface area contributed by atoms with Gasteiger partial charge in [0.25, 0.3) is 5.91 Å². The molecule has 18 heavy (non-hydrogen) atoms. The summed E-state index contributed by atoms with van der Waals surface area (Å²) in [6.07, 6.45) is 4.34. The molecule has 0 saturated carbocycles. The molecule has 0 N–H and O–H groups in total. The summed E-state index contributed by atoms with van der Waals surface area (Å²) in [5, 5.41) is 1.03. The minimum absolute atomic E-state index is 0.00838. The van der Waals surface area contributed by atoms with Crippen LogP contribution in [0.25, 0.3) is 0 Å². The molecule has 1 aliphatic heterocycles. The van der Waals surface area contributed by atoms with E-state index in [0.29, 0.717) is 21.7 Å². The lowest BCUT2D eigenvalue weighted by Crippen LogP contribution is -2.43. The minimum atomic E-state index is 0.00838. The number of nitrogens with zero attached hydrogens (tertiary/aromatic N) is 1. The lowest BCUT2D eigenvalue weighted by atomic mass is 9.99. The third kappa shape index (κ3) is 2.81. The molecule has 1 atom stereocenters. The highest BCUT2D eigenvalue weighted by molar-refractivity contribution is 6.35. The Morgan fingerprint density at radius 1 is 1.39 bits per heavy atom. The first kappa shape index (κ1) is 13.7. The van der Waals surface area contributed by atoms with Crippen LogP contribution in [0, 0.1) is 0 Å². The van der Waals surface area contributed by atoms with Crippen LogP contribution in [0.1, 0.15) is 43.0 Å². The molecule has 0 spiro atoms. The summed E-state index contributed by atoms with van der Waals surface area (Å²) in [6, 6.07) is 5.38. The van der Waals surface area contributed by atoms with Gasteiger partial charge >= 0.3 is 0 Å². The van der Waals surface area contributed by atoms with Gasteiger partial charge in [-0.2, -0.15) is 0 Å². The number of likely N-dealkylation sites (tertiary alicyclic amines) is 1. The SMILES string of the molecule is CCC1CCCCN1C(=O)c1cc(Cl)ccc1Cl. The fourth-order valence-corrected chi connectivity index (χ4v) is 2.88. The first-order valence-corrected chi connectivity index (χ1v) is 7.15. The smallest absolute Gasteiger partial charge is 0.255 e. The Kier molecular flexibility index (Phi) is 4.52. The highest BCUT2D eigenvalue weighted by atomic mass is 35.5. The Bertz CT molecular complexity index is 447. The number of rotatable bonds is 2. The van der Waals surface area contributed by atoms with Gasteiger partial charge in [0.15, 0.2) is 0 Å². The van der Waals surface area contributed by atoms with Crippen molar-refractivity contribution in [3.8, 4) is 0 Å². The van der Waals surface area contributed by atoms with Gasteiger partial charge in [0.05, 0.1) is 10.6 Å². The average molecular weight is 286 g/mol. The molecule has 1 saturated heterocycles. The molecule has 1 aromatic carbocycles. The summed E-state index contributed by atoms with van der Waals surface area (Å²) < 4.78 is 0. The molecule has 0 aromatic heterocycles. The van der Waals surface area contributed by atoms with Gasteiger partial charge in [0.2, 0.25) is 0 Å². The lowest BCUT2D eigenvalue weighted by molar-refractivity contribution is 0.0608. The van der Waals surface area contributed by atoms with Crippen LogP contribution in [0.4, 0.5) is 0 Å². The van der Waals surface area contributed by atoms with Gasteiger partial charge < -0.3 is 4.90 Å². The molecule has 0 aliphatic carbocycles. The zero-order valence-electron chi connectivity index (χ0n) is 10.5. The third-order valence-electron chi connectivity index (χ3n) is 3.52. The maximum Gasteiger partial charge on any atom is 0.255 e. The largest absolute Gasteiger partial charge is 0.336 e. The molecular weight excluding hydrogens is 269 g/mol. The van der Waals surface area contributed by atoms with Crippen LogP contribution in [0.2, 0.25) is 10.0 Å². The van der Waals surface area contributed by atoms with E-state index in [1.807, 2.05) is 4.90 Å². The number of piperidine rings is 1. The fourth-order valence-electron chi connectivity index (χ4n) is 2.51. The van der Waals surface area contributed by atoms with Crippen molar-refractivity contribution in [3.63, 3.8) is 0 Å². The summed E-state index contributed by atoms with van der Waals surface area (Å²) in [6.45, 7) is 2.94. The molecule has 2 rings (SSSR count). The van der Waals surface area contributed by atoms with Crippen molar-refractivity contribution in [2.75, 3.05) is 6.54 Å². The maximum absolute atomic E-state index is 12.5. The van der Waals surface area contributed by atoms with Crippen LogP contribution in [-0.4, -0.2) is 23.4 Å². The van der Waals surface area contributed by atoms with Crippen LogP contribution in [-0.2, 0) is 0 Å². The second-order valence-corrected chi connectivity index (χ2v) is 5.52. The molecule has 4 heteroatoms. The fraction of sp³-hybridized carbons (Fsp3) is 0.500. The molecule has 0 bridgehead atoms. The quantitative estimate of drug-likeness (QED) is 0.789. The van der Waals surface area contributed by atoms with Crippen molar-refractivity contribution in [1.82, 2.24) is 4.90 Å². The predicted molar refractivity (Wildman–Crippen MR) is 75.4 cm³/mol. The van der Waals surface area contributed by atoms with Gasteiger partial charge in [0.1, 0.15) is 0 Å². The van der Waals surface area contributed by atoms with Gasteiger partial charge in [0, 0.05) is 17.6 Å². The summed E-state index contributed by atoms with van der Waals surface area (Å²) in [7, 11) is 0. The first-order chi connectivity index (χ1) is 8.63. The van der Waals surface area contributed by atoms with Crippen molar-refractivity contribution in [2.45, 2.75) is 38.6 Å². The van der Waals surface area contributed by atoms with E-state index in [4.69, 9.17) is 23.2 Å². The lowest BCUT2D eigenvalue weighted by Gasteiger charge is -2.35. The molecule has 0 radical (unpaired) electrons. The third-order valence-corrected chi connectivity index (χ3v) is 4.08. The van der Waals surface area contributed by atoms with Gasteiger partial charge in [-0.05, 0) is 43.9 Å². The number of carbonyl (C=O) groups excluding carboxylic acids is 1. The molecule has 1 aliphatic rings. The number of amides is 1. The topological polar surface area (TPSA) is 20.3 Å². The average Bonchev–Trinajstić information content (AvgIpc) is 2.40. The molecule has 1 unspecified atom stereocenters. The van der Waals surface area contributed by atoms with E-state index in [-0.39, 0.29) is 5.91 Å². The number of carbonyl (C=O) groups is 1. The van der Waals surface area contributed by atoms with Crippen LogP contribution >= 0.6 is 23.2 Å². The zero-order chi connectivity index (χ0) is 13.1. The van der Waals surface area contributed by atoms with Crippen molar-refractivity contribution in [2.24, 2.45) is 0 Å². The van der Waals surface area contributed by atoms with Crippen molar-refractivity contribution in [1.29, 1.82) is 0 Å². The Morgan fingerprint density at radius 2 is 2.17 bits per heavy atom. The van der Waals surface area contributed by atoms with Crippen molar-refractivity contribution in [3.05, 3.63) is 33.8 Å². The second-order valence-electron chi connectivity index (χ2n) is 4.68. The summed E-state index contributed by atoms with van der Waals surface area (Å²) in [4.78, 5) is 14.5. The van der Waals surface area contributed by atoms with E-state index in [9.17, 15) is 4.79 Å². The summed E-state index contributed by atoms with van der Waals surface area (Å²) in [5.74, 6) is 0.00838. The Hall–Kier alpha value is -0.730. The van der Waals surface area contributed by atoms with E-state index in [1.54, 1.807) is 18.2 Å². The van der Waals surface area contributed by atoms with E-state index in [1.165, 1.54) is 6.42 Å². The van der Waals surface area contributed by atoms with Crippen molar-refractivity contribution >= 4 is 29.1 Å². The maximum atomic E-state index is 12.5. The number of hydrogen-bond donors (Lipinski definition) is 0. The van der Waals surface area contributed by atoms with E-state index in [0.717, 1.165) is 25.8 Å². The number of benzene rings is 1. The predicted octanol–water partition coefficient (Wildman–Crippen LogP) is 4.40. The van der Waals surface area contributed by atoms with Gasteiger partial charge in [-0.1, -0.05) is 30.1 Å². The van der Waals surface area contributed by atoms with Gasteiger partial charge in [-0.25, -0.2) is 0 Å². The Morgan fingerprint density at radius 3 is 2.89 bits per heavy atom. The highest BCUT2D eigenvalue weighted by Gasteiger charge is 2.27. The molecular formula is C14H17Cl2NO. The number of hydrogen-bond acceptors (Lipinski definition) is 1. The molecule has 98 valence electrons. The van der Waals surface area contributed by atoms with Crippen LogP contribution in [0.5, 0.6) is 0 Å². The highest BCUT2D eigenvalue weighted by Crippen LogP contribution is 2.26. The zero-order valence-corrected chi connectivity index (χ0v) is 12.0. The van der Waals surface area contributed by atoms with Gasteiger partial charge in [-0.15, -0.1) is 0 Å². The Labute approximate surface area is 118 Å². The van der Waals surface area contributed by atoms with Crippen LogP contribution in [0.3, 0.4) is 0 Å². The van der Waals surface area contributed by atoms with E-state index in [2.05, 4.69) is 6.92 Å². The van der Waals surface area contributed by atoms with Crippen molar-refractivity contribution < 1.29 is 4.79 Å². The molecule has 1 heterocycles. The molecule has 2 nitrogen and oxygen atoms in total. The standard InChI is InChI=1S/C14H17Cl2NO/c1-2-11-5-3-4-8-17(11)14(18)12-9-10(15)6-7-13(12)16/h6-7,9,11H,2-5,8H2,1H3. The number of halogens is 2. The normalized spacial score (nSPS) is 19.9. The molecule has 1 aromatic rings. The molecule has 1 fully saturated rings.